The van der Waals surface area contributed by atoms with E-state index < -0.39 is 33.4 Å². The Labute approximate surface area is 240 Å². The summed E-state index contributed by atoms with van der Waals surface area (Å²) < 4.78 is 37.3. The van der Waals surface area contributed by atoms with Crippen LogP contribution in [0.25, 0.3) is 0 Å². The van der Waals surface area contributed by atoms with Gasteiger partial charge in [0.05, 0.1) is 25.4 Å². The molecule has 0 aliphatic heterocycles. The van der Waals surface area contributed by atoms with E-state index in [9.17, 15) is 28.1 Å². The summed E-state index contributed by atoms with van der Waals surface area (Å²) in [6.45, 7) is 1.10. The van der Waals surface area contributed by atoms with Crippen LogP contribution >= 0.6 is 0 Å². The highest BCUT2D eigenvalue weighted by atomic mass is 32.2. The maximum atomic E-state index is 14.0. The second kappa shape index (κ2) is 14.2. The first-order valence-corrected chi connectivity index (χ1v) is 15.4. The van der Waals surface area contributed by atoms with E-state index in [1.807, 2.05) is 0 Å². The number of rotatable bonds is 13. The SMILES string of the molecule is CC[C@H](C(=O)NC1CCCCC1)N(Cc1cccc(OC)c1)C(=O)CN(c1cc([N+](=O)[O-])ccc1OC)S(C)(=O)=O. The number of carbonyl (C=O) groups excluding carboxylic acids is 2. The van der Waals surface area contributed by atoms with Crippen molar-refractivity contribution in [1.82, 2.24) is 10.2 Å². The molecule has 0 aromatic heterocycles. The van der Waals surface area contributed by atoms with E-state index in [-0.39, 0.29) is 42.0 Å². The molecule has 1 fully saturated rings. The number of hydrogen-bond acceptors (Lipinski definition) is 8. The molecular formula is C28H38N4O8S. The Kier molecular flexibility index (Phi) is 10.9. The molecule has 0 bridgehead atoms. The van der Waals surface area contributed by atoms with E-state index in [2.05, 4.69) is 5.32 Å². The molecule has 1 N–H and O–H groups in total. The summed E-state index contributed by atoms with van der Waals surface area (Å²) in [6.07, 6.45) is 6.06. The molecule has 0 spiro atoms. The van der Waals surface area contributed by atoms with Gasteiger partial charge in [0.15, 0.2) is 0 Å². The highest BCUT2D eigenvalue weighted by Gasteiger charge is 2.34. The van der Waals surface area contributed by atoms with Crippen LogP contribution in [0, 0.1) is 10.1 Å². The van der Waals surface area contributed by atoms with Crippen molar-refractivity contribution in [2.24, 2.45) is 0 Å². The average Bonchev–Trinajstić information content (AvgIpc) is 2.95. The van der Waals surface area contributed by atoms with Crippen molar-refractivity contribution >= 4 is 33.2 Å². The Morgan fingerprint density at radius 2 is 1.80 bits per heavy atom. The first-order chi connectivity index (χ1) is 19.5. The maximum absolute atomic E-state index is 14.0. The second-order valence-corrected chi connectivity index (χ2v) is 11.9. The van der Waals surface area contributed by atoms with E-state index in [1.165, 1.54) is 31.3 Å². The molecule has 1 atom stereocenters. The van der Waals surface area contributed by atoms with Crippen LogP contribution in [0.15, 0.2) is 42.5 Å². The van der Waals surface area contributed by atoms with Gasteiger partial charge in [-0.2, -0.15) is 0 Å². The van der Waals surface area contributed by atoms with Gasteiger partial charge in [-0.3, -0.25) is 24.0 Å². The number of methoxy groups -OCH3 is 2. The van der Waals surface area contributed by atoms with Gasteiger partial charge >= 0.3 is 0 Å². The van der Waals surface area contributed by atoms with Gasteiger partial charge in [0.1, 0.15) is 29.8 Å². The van der Waals surface area contributed by atoms with Crippen LogP contribution in [0.2, 0.25) is 0 Å². The number of ether oxygens (including phenoxy) is 2. The lowest BCUT2D eigenvalue weighted by Gasteiger charge is -2.34. The third-order valence-corrected chi connectivity index (χ3v) is 8.27. The number of hydrogen-bond donors (Lipinski definition) is 1. The molecule has 1 aliphatic carbocycles. The van der Waals surface area contributed by atoms with Gasteiger partial charge < -0.3 is 19.7 Å². The number of sulfonamides is 1. The summed E-state index contributed by atoms with van der Waals surface area (Å²) in [5.74, 6) is -0.365. The number of carbonyl (C=O) groups is 2. The minimum Gasteiger partial charge on any atom is -0.497 e. The standard InChI is InChI=1S/C28H38N4O8S/c1-5-24(28(34)29-21-11-7-6-8-12-21)30(18-20-10-9-13-23(16-20)39-2)27(33)19-31(41(4,37)38)25-17-22(32(35)36)14-15-26(25)40-3/h9-10,13-17,21,24H,5-8,11-12,18-19H2,1-4H3,(H,29,34)/t24-/m1/s1. The summed E-state index contributed by atoms with van der Waals surface area (Å²) >= 11 is 0. The van der Waals surface area contributed by atoms with E-state index in [4.69, 9.17) is 9.47 Å². The number of nitrogens with one attached hydrogen (secondary N) is 1. The minimum absolute atomic E-state index is 0.0102. The van der Waals surface area contributed by atoms with Gasteiger partial charge in [-0.05, 0) is 43.0 Å². The van der Waals surface area contributed by atoms with Crippen molar-refractivity contribution in [2.75, 3.05) is 31.3 Å². The molecule has 1 saturated carbocycles. The molecule has 2 aromatic rings. The lowest BCUT2D eigenvalue weighted by Crippen LogP contribution is -2.54. The van der Waals surface area contributed by atoms with Crippen molar-refractivity contribution < 1.29 is 32.4 Å². The molecule has 0 radical (unpaired) electrons. The van der Waals surface area contributed by atoms with Gasteiger partial charge in [0.2, 0.25) is 21.8 Å². The topological polar surface area (TPSA) is 148 Å². The van der Waals surface area contributed by atoms with E-state index >= 15 is 0 Å². The van der Waals surface area contributed by atoms with Crippen LogP contribution < -0.4 is 19.1 Å². The lowest BCUT2D eigenvalue weighted by molar-refractivity contribution is -0.384. The maximum Gasteiger partial charge on any atom is 0.271 e. The Bertz CT molecular complexity index is 1340. The number of nitrogens with zero attached hydrogens (tertiary/aromatic N) is 3. The second-order valence-electron chi connectivity index (χ2n) is 10.0. The van der Waals surface area contributed by atoms with Crippen LogP contribution in [0.1, 0.15) is 51.0 Å². The smallest absolute Gasteiger partial charge is 0.271 e. The van der Waals surface area contributed by atoms with Crippen LogP contribution in [-0.2, 0) is 26.2 Å². The Hall–Kier alpha value is -3.87. The van der Waals surface area contributed by atoms with Crippen LogP contribution in [-0.4, -0.2) is 69.2 Å². The Balaban J connectivity index is 2.01. The molecule has 13 heteroatoms. The summed E-state index contributed by atoms with van der Waals surface area (Å²) in [7, 11) is -1.30. The predicted molar refractivity (Wildman–Crippen MR) is 154 cm³/mol. The third kappa shape index (κ3) is 8.32. The molecule has 0 saturated heterocycles. The van der Waals surface area contributed by atoms with Gasteiger partial charge in [-0.25, -0.2) is 8.42 Å². The zero-order valence-corrected chi connectivity index (χ0v) is 24.7. The van der Waals surface area contributed by atoms with Gasteiger partial charge in [-0.1, -0.05) is 38.3 Å². The van der Waals surface area contributed by atoms with Crippen LogP contribution in [0.5, 0.6) is 11.5 Å². The summed E-state index contributed by atoms with van der Waals surface area (Å²) in [4.78, 5) is 39.6. The van der Waals surface area contributed by atoms with Gasteiger partial charge in [-0.15, -0.1) is 0 Å². The summed E-state index contributed by atoms with van der Waals surface area (Å²) in [6, 6.07) is 9.67. The summed E-state index contributed by atoms with van der Waals surface area (Å²) in [5.41, 5.74) is 0.160. The molecule has 3 rings (SSSR count). The highest BCUT2D eigenvalue weighted by Crippen LogP contribution is 2.34. The minimum atomic E-state index is -4.12. The fourth-order valence-electron chi connectivity index (χ4n) is 5.01. The van der Waals surface area contributed by atoms with Crippen molar-refractivity contribution in [3.8, 4) is 11.5 Å². The van der Waals surface area contributed by atoms with Crippen LogP contribution in [0.3, 0.4) is 0 Å². The lowest BCUT2D eigenvalue weighted by atomic mass is 9.95. The number of benzene rings is 2. The largest absolute Gasteiger partial charge is 0.497 e. The Morgan fingerprint density at radius 3 is 2.39 bits per heavy atom. The fraction of sp³-hybridized carbons (Fsp3) is 0.500. The first-order valence-electron chi connectivity index (χ1n) is 13.5. The zero-order chi connectivity index (χ0) is 30.2. The average molecular weight is 591 g/mol. The van der Waals surface area contributed by atoms with E-state index in [0.717, 1.165) is 48.7 Å². The molecule has 0 unspecified atom stereocenters. The fourth-order valence-corrected chi connectivity index (χ4v) is 5.86. The van der Waals surface area contributed by atoms with E-state index in [1.54, 1.807) is 31.2 Å². The molecule has 1 aliphatic rings. The molecule has 41 heavy (non-hydrogen) atoms. The Morgan fingerprint density at radius 1 is 1.10 bits per heavy atom. The van der Waals surface area contributed by atoms with Gasteiger partial charge in [0.25, 0.3) is 5.69 Å². The molecule has 224 valence electrons. The van der Waals surface area contributed by atoms with Crippen molar-refractivity contribution in [1.29, 1.82) is 0 Å². The number of anilines is 1. The molecule has 0 heterocycles. The first kappa shape index (κ1) is 31.7. The van der Waals surface area contributed by atoms with Crippen molar-refractivity contribution in [2.45, 2.75) is 64.1 Å². The number of non-ortho nitro benzene ring substituents is 1. The quantitative estimate of drug-likeness (QED) is 0.275. The number of amides is 2. The molecule has 2 amide bonds. The zero-order valence-electron chi connectivity index (χ0n) is 23.9. The molecule has 2 aromatic carbocycles. The van der Waals surface area contributed by atoms with Crippen molar-refractivity contribution in [3.63, 3.8) is 0 Å². The monoisotopic (exact) mass is 590 g/mol. The summed E-state index contributed by atoms with van der Waals surface area (Å²) in [5, 5.41) is 14.5. The third-order valence-electron chi connectivity index (χ3n) is 7.15. The highest BCUT2D eigenvalue weighted by molar-refractivity contribution is 7.92. The molecule has 12 nitrogen and oxygen atoms in total. The normalized spacial score (nSPS) is 14.5. The van der Waals surface area contributed by atoms with Crippen molar-refractivity contribution in [3.05, 3.63) is 58.1 Å². The van der Waals surface area contributed by atoms with E-state index in [0.29, 0.717) is 11.3 Å². The van der Waals surface area contributed by atoms with Crippen LogP contribution in [0.4, 0.5) is 11.4 Å². The number of nitro benzene ring substituents is 1. The molecular weight excluding hydrogens is 552 g/mol. The van der Waals surface area contributed by atoms with Gasteiger partial charge in [0, 0.05) is 24.7 Å². The number of nitro groups is 1. The predicted octanol–water partition coefficient (Wildman–Crippen LogP) is 3.63.